The molecule has 10 nitrogen and oxygen atoms in total. The number of carbonyl (C=O) groups excluding carboxylic acids is 2. The van der Waals surface area contributed by atoms with Gasteiger partial charge < -0.3 is 19.7 Å². The van der Waals surface area contributed by atoms with Crippen LogP contribution in [0, 0.1) is 0 Å². The highest BCUT2D eigenvalue weighted by atomic mass is 16.5. The molecule has 2 amide bonds. The Hall–Kier alpha value is -4.08. The van der Waals surface area contributed by atoms with E-state index in [1.54, 1.807) is 36.4 Å². The van der Waals surface area contributed by atoms with E-state index in [0.29, 0.717) is 22.6 Å². The van der Waals surface area contributed by atoms with Crippen LogP contribution in [0.25, 0.3) is 0 Å². The fraction of sp³-hybridized carbons (Fsp3) is 0.238. The van der Waals surface area contributed by atoms with Crippen molar-refractivity contribution in [2.45, 2.75) is 19.3 Å². The molecule has 0 fully saturated rings. The van der Waals surface area contributed by atoms with Crippen molar-refractivity contribution in [3.05, 3.63) is 47.5 Å². The molecule has 0 saturated carbocycles. The number of hydrogen-bond donors (Lipinski definition) is 4. The van der Waals surface area contributed by atoms with Crippen LogP contribution in [0.3, 0.4) is 0 Å². The molecule has 31 heavy (non-hydrogen) atoms. The predicted molar refractivity (Wildman–Crippen MR) is 115 cm³/mol. The zero-order valence-electron chi connectivity index (χ0n) is 17.2. The molecule has 4 N–H and O–H groups in total. The van der Waals surface area contributed by atoms with Crippen molar-refractivity contribution in [2.75, 3.05) is 14.2 Å². The summed E-state index contributed by atoms with van der Waals surface area (Å²) in [6.07, 6.45) is 3.04. The molecule has 0 radical (unpaired) electrons. The van der Waals surface area contributed by atoms with Gasteiger partial charge in [0.15, 0.2) is 23.0 Å². The molecule has 0 aliphatic heterocycles. The average Bonchev–Trinajstić information content (AvgIpc) is 2.76. The molecule has 0 unspecified atom stereocenters. The Morgan fingerprint density at radius 3 is 1.65 bits per heavy atom. The second kappa shape index (κ2) is 11.8. The Morgan fingerprint density at radius 1 is 0.839 bits per heavy atom. The van der Waals surface area contributed by atoms with Gasteiger partial charge in [0.25, 0.3) is 0 Å². The van der Waals surface area contributed by atoms with Crippen molar-refractivity contribution in [2.24, 2.45) is 10.2 Å². The lowest BCUT2D eigenvalue weighted by Gasteiger charge is -2.05. The fourth-order valence-corrected chi connectivity index (χ4v) is 2.49. The van der Waals surface area contributed by atoms with Crippen molar-refractivity contribution in [3.63, 3.8) is 0 Å². The van der Waals surface area contributed by atoms with Gasteiger partial charge >= 0.3 is 0 Å². The van der Waals surface area contributed by atoms with E-state index in [1.807, 2.05) is 0 Å². The van der Waals surface area contributed by atoms with Gasteiger partial charge in [0.1, 0.15) is 0 Å². The number of phenols is 2. The summed E-state index contributed by atoms with van der Waals surface area (Å²) in [6, 6.07) is 9.78. The molecule has 0 aromatic heterocycles. The molecule has 2 rings (SSSR count). The van der Waals surface area contributed by atoms with Crippen LogP contribution in [0.5, 0.6) is 23.0 Å². The maximum absolute atomic E-state index is 11.8. The van der Waals surface area contributed by atoms with Crippen molar-refractivity contribution < 1.29 is 29.3 Å². The summed E-state index contributed by atoms with van der Waals surface area (Å²) in [7, 11) is 2.86. The minimum absolute atomic E-state index is 0.0786. The molecule has 0 atom stereocenters. The molecule has 0 heterocycles. The van der Waals surface area contributed by atoms with Crippen LogP contribution >= 0.6 is 0 Å². The lowest BCUT2D eigenvalue weighted by Crippen LogP contribution is -2.20. The molecule has 164 valence electrons. The minimum Gasteiger partial charge on any atom is -0.504 e. The highest BCUT2D eigenvalue weighted by Gasteiger charge is 2.07. The normalized spacial score (nSPS) is 10.9. The van der Waals surface area contributed by atoms with E-state index in [9.17, 15) is 19.8 Å². The van der Waals surface area contributed by atoms with Gasteiger partial charge in [0.2, 0.25) is 11.8 Å². The molecule has 0 saturated heterocycles. The number of nitrogens with zero attached hydrogens (tertiary/aromatic N) is 2. The van der Waals surface area contributed by atoms with Crippen LogP contribution < -0.4 is 20.3 Å². The highest BCUT2D eigenvalue weighted by molar-refractivity contribution is 5.87. The highest BCUT2D eigenvalue weighted by Crippen LogP contribution is 2.28. The third-order valence-electron chi connectivity index (χ3n) is 4.09. The molecule has 2 aromatic carbocycles. The molecule has 10 heteroatoms. The van der Waals surface area contributed by atoms with Gasteiger partial charge in [-0.2, -0.15) is 10.2 Å². The Labute approximate surface area is 179 Å². The zero-order chi connectivity index (χ0) is 22.6. The Balaban J connectivity index is 1.72. The maximum Gasteiger partial charge on any atom is 0.240 e. The first kappa shape index (κ1) is 23.2. The molecular weight excluding hydrogens is 404 g/mol. The summed E-state index contributed by atoms with van der Waals surface area (Å²) >= 11 is 0. The monoisotopic (exact) mass is 428 g/mol. The van der Waals surface area contributed by atoms with Crippen molar-refractivity contribution in [1.82, 2.24) is 10.9 Å². The van der Waals surface area contributed by atoms with E-state index < -0.39 is 0 Å². The van der Waals surface area contributed by atoms with Crippen molar-refractivity contribution in [3.8, 4) is 23.0 Å². The molecular formula is C21H24N4O6. The van der Waals surface area contributed by atoms with Crippen molar-refractivity contribution in [1.29, 1.82) is 0 Å². The molecule has 0 bridgehead atoms. The van der Waals surface area contributed by atoms with E-state index in [4.69, 9.17) is 9.47 Å². The number of hydrazone groups is 2. The first-order valence-corrected chi connectivity index (χ1v) is 9.32. The third kappa shape index (κ3) is 7.03. The van der Waals surface area contributed by atoms with E-state index in [-0.39, 0.29) is 42.6 Å². The fourth-order valence-electron chi connectivity index (χ4n) is 2.49. The number of nitrogens with one attached hydrogen (secondary N) is 2. The second-order valence-corrected chi connectivity index (χ2v) is 6.24. The number of hydrogen-bond acceptors (Lipinski definition) is 8. The van der Waals surface area contributed by atoms with Gasteiger partial charge in [-0.05, 0) is 30.7 Å². The first-order valence-electron chi connectivity index (χ1n) is 9.32. The SMILES string of the molecule is COc1cccc(C=NNC(=O)CCCC(=O)NN=Cc2cccc(OC)c2O)c1O. The molecule has 0 spiro atoms. The lowest BCUT2D eigenvalue weighted by atomic mass is 10.2. The number of carbonyl (C=O) groups is 2. The summed E-state index contributed by atoms with van der Waals surface area (Å²) in [5.74, 6) is -0.325. The number of para-hydroxylation sites is 2. The van der Waals surface area contributed by atoms with Gasteiger partial charge in [-0.3, -0.25) is 9.59 Å². The van der Waals surface area contributed by atoms with Gasteiger partial charge in [-0.1, -0.05) is 12.1 Å². The van der Waals surface area contributed by atoms with Gasteiger partial charge in [-0.25, -0.2) is 10.9 Å². The standard InChI is InChI=1S/C21H24N4O6/c1-30-16-8-3-6-14(20(16)28)12-22-24-18(26)10-5-11-19(27)25-23-13-15-7-4-9-17(31-2)21(15)29/h3-4,6-9,12-13,28-29H,5,10-11H2,1-2H3,(H,24,26)(H,25,27). The summed E-state index contributed by atoms with van der Waals surface area (Å²) in [4.78, 5) is 23.6. The van der Waals surface area contributed by atoms with E-state index in [1.165, 1.54) is 26.6 Å². The maximum atomic E-state index is 11.8. The quantitative estimate of drug-likeness (QED) is 0.336. The van der Waals surface area contributed by atoms with Crippen LogP contribution in [-0.2, 0) is 9.59 Å². The third-order valence-corrected chi connectivity index (χ3v) is 4.09. The predicted octanol–water partition coefficient (Wildman–Crippen LogP) is 1.89. The van der Waals surface area contributed by atoms with Crippen LogP contribution in [0.4, 0.5) is 0 Å². The zero-order valence-corrected chi connectivity index (χ0v) is 17.2. The second-order valence-electron chi connectivity index (χ2n) is 6.24. The van der Waals surface area contributed by atoms with Crippen LogP contribution in [-0.4, -0.2) is 48.7 Å². The first-order chi connectivity index (χ1) is 15.0. The summed E-state index contributed by atoms with van der Waals surface area (Å²) in [6.45, 7) is 0. The van der Waals surface area contributed by atoms with Crippen LogP contribution in [0.2, 0.25) is 0 Å². The molecule has 2 aromatic rings. The van der Waals surface area contributed by atoms with Gasteiger partial charge in [-0.15, -0.1) is 0 Å². The van der Waals surface area contributed by atoms with Gasteiger partial charge in [0.05, 0.1) is 26.6 Å². The summed E-state index contributed by atoms with van der Waals surface area (Å²) in [5.41, 5.74) is 5.43. The number of aromatic hydroxyl groups is 2. The van der Waals surface area contributed by atoms with E-state index in [2.05, 4.69) is 21.1 Å². The Bertz CT molecular complexity index is 897. The number of amides is 2. The van der Waals surface area contributed by atoms with Crippen molar-refractivity contribution >= 4 is 24.2 Å². The van der Waals surface area contributed by atoms with Crippen LogP contribution in [0.1, 0.15) is 30.4 Å². The average molecular weight is 428 g/mol. The number of ether oxygens (including phenoxy) is 2. The minimum atomic E-state index is -0.378. The summed E-state index contributed by atoms with van der Waals surface area (Å²) < 4.78 is 9.99. The topological polar surface area (TPSA) is 142 Å². The van der Waals surface area contributed by atoms with Gasteiger partial charge in [0, 0.05) is 24.0 Å². The largest absolute Gasteiger partial charge is 0.504 e. The Kier molecular flexibility index (Phi) is 8.84. The van der Waals surface area contributed by atoms with E-state index >= 15 is 0 Å². The van der Waals surface area contributed by atoms with E-state index in [0.717, 1.165) is 0 Å². The number of rotatable bonds is 10. The smallest absolute Gasteiger partial charge is 0.240 e. The number of methoxy groups -OCH3 is 2. The Morgan fingerprint density at radius 2 is 1.26 bits per heavy atom. The number of phenolic OH excluding ortho intramolecular Hbond substituents is 2. The number of benzene rings is 2. The summed E-state index contributed by atoms with van der Waals surface area (Å²) in [5, 5.41) is 27.4. The molecule has 0 aliphatic rings. The molecule has 0 aliphatic carbocycles. The van der Waals surface area contributed by atoms with Crippen LogP contribution in [0.15, 0.2) is 46.6 Å². The lowest BCUT2D eigenvalue weighted by molar-refractivity contribution is -0.122.